The SMILES string of the molecule is N#Cc1cc2c(CO)csc2cc1F. The molecule has 0 bridgehead atoms. The van der Waals surface area contributed by atoms with Crippen molar-refractivity contribution in [2.24, 2.45) is 0 Å². The molecule has 4 heteroatoms. The molecule has 1 aromatic carbocycles. The number of fused-ring (bicyclic) bond motifs is 1. The third-order valence-electron chi connectivity index (χ3n) is 2.03. The average molecular weight is 207 g/mol. The van der Waals surface area contributed by atoms with Crippen LogP contribution in [0.2, 0.25) is 0 Å². The molecule has 0 fully saturated rings. The van der Waals surface area contributed by atoms with Gasteiger partial charge in [0.1, 0.15) is 11.9 Å². The minimum absolute atomic E-state index is 0.0191. The van der Waals surface area contributed by atoms with E-state index in [9.17, 15) is 4.39 Å². The molecule has 2 aromatic rings. The predicted molar refractivity (Wildman–Crippen MR) is 52.4 cm³/mol. The van der Waals surface area contributed by atoms with Gasteiger partial charge in [0, 0.05) is 4.70 Å². The summed E-state index contributed by atoms with van der Waals surface area (Å²) in [7, 11) is 0. The van der Waals surface area contributed by atoms with Crippen molar-refractivity contribution in [3.63, 3.8) is 0 Å². The number of benzene rings is 1. The Morgan fingerprint density at radius 1 is 1.50 bits per heavy atom. The maximum absolute atomic E-state index is 13.2. The maximum atomic E-state index is 13.2. The molecule has 0 amide bonds. The minimum atomic E-state index is -0.508. The van der Waals surface area contributed by atoms with Gasteiger partial charge in [-0.3, -0.25) is 0 Å². The van der Waals surface area contributed by atoms with E-state index >= 15 is 0 Å². The quantitative estimate of drug-likeness (QED) is 0.780. The summed E-state index contributed by atoms with van der Waals surface area (Å²) < 4.78 is 13.9. The highest BCUT2D eigenvalue weighted by Gasteiger charge is 2.08. The molecule has 14 heavy (non-hydrogen) atoms. The second kappa shape index (κ2) is 3.37. The van der Waals surface area contributed by atoms with Crippen molar-refractivity contribution in [3.8, 4) is 6.07 Å². The fraction of sp³-hybridized carbons (Fsp3) is 0.100. The van der Waals surface area contributed by atoms with Gasteiger partial charge in [0.25, 0.3) is 0 Å². The van der Waals surface area contributed by atoms with Gasteiger partial charge in [-0.05, 0) is 28.5 Å². The normalized spacial score (nSPS) is 10.4. The van der Waals surface area contributed by atoms with Crippen molar-refractivity contribution in [2.45, 2.75) is 6.61 Å². The highest BCUT2D eigenvalue weighted by atomic mass is 32.1. The smallest absolute Gasteiger partial charge is 0.142 e. The Balaban J connectivity index is 2.78. The van der Waals surface area contributed by atoms with Crippen LogP contribution < -0.4 is 0 Å². The summed E-state index contributed by atoms with van der Waals surface area (Å²) in [6, 6.07) is 4.59. The van der Waals surface area contributed by atoms with Crippen molar-refractivity contribution in [3.05, 3.63) is 34.5 Å². The first-order chi connectivity index (χ1) is 6.76. The molecule has 1 aromatic heterocycles. The molecule has 0 atom stereocenters. The first kappa shape index (κ1) is 9.13. The van der Waals surface area contributed by atoms with Gasteiger partial charge in [0.05, 0.1) is 12.2 Å². The lowest BCUT2D eigenvalue weighted by Crippen LogP contribution is -1.84. The fourth-order valence-electron chi connectivity index (χ4n) is 1.31. The summed E-state index contributed by atoms with van der Waals surface area (Å²) in [4.78, 5) is 0. The number of aliphatic hydroxyl groups is 1. The van der Waals surface area contributed by atoms with Gasteiger partial charge in [-0.25, -0.2) is 4.39 Å². The van der Waals surface area contributed by atoms with Crippen molar-refractivity contribution < 1.29 is 9.50 Å². The molecule has 0 saturated carbocycles. The largest absolute Gasteiger partial charge is 0.392 e. The van der Waals surface area contributed by atoms with E-state index in [2.05, 4.69) is 0 Å². The zero-order valence-electron chi connectivity index (χ0n) is 7.12. The molecule has 0 saturated heterocycles. The van der Waals surface area contributed by atoms with Crippen LogP contribution >= 0.6 is 11.3 Å². The molecule has 1 N–H and O–H groups in total. The monoisotopic (exact) mass is 207 g/mol. The molecule has 1 heterocycles. The van der Waals surface area contributed by atoms with E-state index in [1.165, 1.54) is 23.5 Å². The third-order valence-corrected chi connectivity index (χ3v) is 3.03. The van der Waals surface area contributed by atoms with Crippen LogP contribution in [-0.4, -0.2) is 5.11 Å². The van der Waals surface area contributed by atoms with E-state index in [1.54, 1.807) is 11.4 Å². The molecule has 0 radical (unpaired) electrons. The molecule has 70 valence electrons. The Kier molecular flexibility index (Phi) is 2.20. The molecule has 2 rings (SSSR count). The topological polar surface area (TPSA) is 44.0 Å². The van der Waals surface area contributed by atoms with Gasteiger partial charge in [-0.15, -0.1) is 11.3 Å². The summed E-state index contributed by atoms with van der Waals surface area (Å²) >= 11 is 1.36. The molecule has 0 aliphatic rings. The highest BCUT2D eigenvalue weighted by Crippen LogP contribution is 2.28. The van der Waals surface area contributed by atoms with Crippen molar-refractivity contribution in [1.82, 2.24) is 0 Å². The number of nitrogens with zero attached hydrogens (tertiary/aromatic N) is 1. The van der Waals surface area contributed by atoms with E-state index in [1.807, 2.05) is 0 Å². The van der Waals surface area contributed by atoms with Crippen molar-refractivity contribution in [1.29, 1.82) is 5.26 Å². The lowest BCUT2D eigenvalue weighted by Gasteiger charge is -1.96. The summed E-state index contributed by atoms with van der Waals surface area (Å²) in [5, 5.41) is 20.1. The molecular weight excluding hydrogens is 201 g/mol. The number of thiophene rings is 1. The predicted octanol–water partition coefficient (Wildman–Crippen LogP) is 2.40. The molecule has 0 aliphatic heterocycles. The van der Waals surface area contributed by atoms with Gasteiger partial charge < -0.3 is 5.11 Å². The fourth-order valence-corrected chi connectivity index (χ4v) is 2.27. The van der Waals surface area contributed by atoms with Crippen LogP contribution in [-0.2, 0) is 6.61 Å². The second-order valence-corrected chi connectivity index (χ2v) is 3.77. The second-order valence-electron chi connectivity index (χ2n) is 2.86. The first-order valence-corrected chi connectivity index (χ1v) is 4.85. The lowest BCUT2D eigenvalue weighted by atomic mass is 10.1. The summed E-state index contributed by atoms with van der Waals surface area (Å²) in [6.07, 6.45) is 0. The Bertz CT molecular complexity index is 527. The van der Waals surface area contributed by atoms with Gasteiger partial charge in [-0.1, -0.05) is 0 Å². The molecule has 0 aliphatic carbocycles. The molecular formula is C10H6FNOS. The summed E-state index contributed by atoms with van der Waals surface area (Å²) in [5.41, 5.74) is 0.757. The third kappa shape index (κ3) is 1.27. The Hall–Kier alpha value is -1.44. The van der Waals surface area contributed by atoms with E-state index in [0.717, 1.165) is 15.6 Å². The maximum Gasteiger partial charge on any atom is 0.142 e. The number of aliphatic hydroxyl groups excluding tert-OH is 1. The summed E-state index contributed by atoms with van der Waals surface area (Å²) in [5.74, 6) is -0.508. The Morgan fingerprint density at radius 2 is 2.29 bits per heavy atom. The highest BCUT2D eigenvalue weighted by molar-refractivity contribution is 7.17. The van der Waals surface area contributed by atoms with Crippen molar-refractivity contribution >= 4 is 21.4 Å². The number of hydrogen-bond acceptors (Lipinski definition) is 3. The van der Waals surface area contributed by atoms with Crippen LogP contribution in [0.1, 0.15) is 11.1 Å². The van der Waals surface area contributed by atoms with Gasteiger partial charge in [0.15, 0.2) is 0 Å². The lowest BCUT2D eigenvalue weighted by molar-refractivity contribution is 0.284. The molecule has 2 nitrogen and oxygen atoms in total. The van der Waals surface area contributed by atoms with E-state index < -0.39 is 5.82 Å². The number of rotatable bonds is 1. The molecule has 0 spiro atoms. The van der Waals surface area contributed by atoms with Crippen LogP contribution in [0.15, 0.2) is 17.5 Å². The Labute approximate surface area is 83.8 Å². The van der Waals surface area contributed by atoms with Gasteiger partial charge >= 0.3 is 0 Å². The standard InChI is InChI=1S/C10H6FNOS/c11-9-2-10-8(1-6(9)3-12)7(4-13)5-14-10/h1-2,5,13H,4H2. The van der Waals surface area contributed by atoms with Crippen LogP contribution in [0, 0.1) is 17.1 Å². The molecule has 0 unspecified atom stereocenters. The van der Waals surface area contributed by atoms with E-state index in [4.69, 9.17) is 10.4 Å². The Morgan fingerprint density at radius 3 is 2.93 bits per heavy atom. The van der Waals surface area contributed by atoms with Gasteiger partial charge in [-0.2, -0.15) is 5.26 Å². The number of halogens is 1. The van der Waals surface area contributed by atoms with E-state index in [0.29, 0.717) is 0 Å². The van der Waals surface area contributed by atoms with Crippen LogP contribution in [0.25, 0.3) is 10.1 Å². The number of hydrogen-bond donors (Lipinski definition) is 1. The van der Waals surface area contributed by atoms with Gasteiger partial charge in [0.2, 0.25) is 0 Å². The minimum Gasteiger partial charge on any atom is -0.392 e. The zero-order valence-corrected chi connectivity index (χ0v) is 7.94. The van der Waals surface area contributed by atoms with Crippen LogP contribution in [0.5, 0.6) is 0 Å². The van der Waals surface area contributed by atoms with Crippen LogP contribution in [0.4, 0.5) is 4.39 Å². The first-order valence-electron chi connectivity index (χ1n) is 3.97. The summed E-state index contributed by atoms with van der Waals surface area (Å²) in [6.45, 7) is -0.0868. The average Bonchev–Trinajstić information content (AvgIpc) is 2.58. The van der Waals surface area contributed by atoms with Crippen molar-refractivity contribution in [2.75, 3.05) is 0 Å². The zero-order chi connectivity index (χ0) is 10.1. The number of nitriles is 1. The van der Waals surface area contributed by atoms with Crippen LogP contribution in [0.3, 0.4) is 0 Å². The van der Waals surface area contributed by atoms with E-state index in [-0.39, 0.29) is 12.2 Å².